The molecule has 132 valence electrons. The number of esters is 1. The Balaban J connectivity index is 1.46. The second-order valence-electron chi connectivity index (χ2n) is 5.64. The number of nitrogens with zero attached hydrogens (tertiary/aromatic N) is 1. The predicted molar refractivity (Wildman–Crippen MR) is 92.9 cm³/mol. The molecule has 0 fully saturated rings. The van der Waals surface area contributed by atoms with Crippen LogP contribution in [-0.4, -0.2) is 43.6 Å². The Morgan fingerprint density at radius 1 is 1.20 bits per heavy atom. The van der Waals surface area contributed by atoms with Gasteiger partial charge in [0.05, 0.1) is 13.0 Å². The topological polar surface area (TPSA) is 65.1 Å². The summed E-state index contributed by atoms with van der Waals surface area (Å²) in [6.45, 7) is 1.27. The van der Waals surface area contributed by atoms with Crippen LogP contribution in [0.2, 0.25) is 0 Å². The molecule has 6 nitrogen and oxygen atoms in total. The molecule has 2 heterocycles. The van der Waals surface area contributed by atoms with Gasteiger partial charge < -0.3 is 19.1 Å². The van der Waals surface area contributed by atoms with Crippen LogP contribution in [0, 0.1) is 0 Å². The Morgan fingerprint density at radius 2 is 2.00 bits per heavy atom. The summed E-state index contributed by atoms with van der Waals surface area (Å²) in [6, 6.07) is 9.23. The van der Waals surface area contributed by atoms with Crippen LogP contribution in [0.3, 0.4) is 0 Å². The molecule has 0 bridgehead atoms. The van der Waals surface area contributed by atoms with E-state index in [1.165, 1.54) is 0 Å². The van der Waals surface area contributed by atoms with Gasteiger partial charge in [0.15, 0.2) is 18.1 Å². The Labute approximate surface area is 149 Å². The monoisotopic (exact) mass is 361 g/mol. The first-order chi connectivity index (χ1) is 12.1. The van der Waals surface area contributed by atoms with Crippen molar-refractivity contribution in [2.24, 2.45) is 0 Å². The van der Waals surface area contributed by atoms with E-state index in [0.29, 0.717) is 31.3 Å². The summed E-state index contributed by atoms with van der Waals surface area (Å²) in [5.74, 6) is 0.621. The molecule has 0 aliphatic carbocycles. The standard InChI is InChI=1S/C18H19NO5S/c1-19(11-14-3-2-8-25-14)17(20)12-24-18(21)10-13-4-5-15-16(9-13)23-7-6-22-15/h2-5,8-9H,6-7,10-12H2,1H3. The minimum absolute atomic E-state index is 0.0819. The summed E-state index contributed by atoms with van der Waals surface area (Å²) in [5.41, 5.74) is 0.758. The van der Waals surface area contributed by atoms with Crippen molar-refractivity contribution in [2.75, 3.05) is 26.9 Å². The van der Waals surface area contributed by atoms with Gasteiger partial charge in [-0.2, -0.15) is 0 Å². The zero-order valence-corrected chi connectivity index (χ0v) is 14.7. The van der Waals surface area contributed by atoms with Crippen molar-refractivity contribution in [1.82, 2.24) is 4.90 Å². The molecule has 0 unspecified atom stereocenters. The molecule has 1 aromatic heterocycles. The number of hydrogen-bond donors (Lipinski definition) is 0. The van der Waals surface area contributed by atoms with Gasteiger partial charge in [0.1, 0.15) is 13.2 Å². The number of likely N-dealkylation sites (N-methyl/N-ethyl adjacent to an activating group) is 1. The number of carbonyl (C=O) groups is 2. The molecule has 0 atom stereocenters. The lowest BCUT2D eigenvalue weighted by atomic mass is 10.1. The molecule has 0 spiro atoms. The fraction of sp³-hybridized carbons (Fsp3) is 0.333. The second-order valence-corrected chi connectivity index (χ2v) is 6.68. The lowest BCUT2D eigenvalue weighted by molar-refractivity contribution is -0.151. The van der Waals surface area contributed by atoms with Gasteiger partial charge in [0.2, 0.25) is 0 Å². The minimum atomic E-state index is -0.449. The van der Waals surface area contributed by atoms with Gasteiger partial charge in [-0.1, -0.05) is 12.1 Å². The molecule has 2 aromatic rings. The Bertz CT molecular complexity index is 744. The maximum atomic E-state index is 12.0. The number of hydrogen-bond acceptors (Lipinski definition) is 6. The van der Waals surface area contributed by atoms with Crippen LogP contribution in [0.4, 0.5) is 0 Å². The lowest BCUT2D eigenvalue weighted by Crippen LogP contribution is -2.30. The molecule has 0 radical (unpaired) electrons. The van der Waals surface area contributed by atoms with Gasteiger partial charge in [-0.05, 0) is 29.1 Å². The zero-order chi connectivity index (χ0) is 17.6. The van der Waals surface area contributed by atoms with Crippen LogP contribution in [-0.2, 0) is 27.3 Å². The van der Waals surface area contributed by atoms with E-state index in [2.05, 4.69) is 0 Å². The number of rotatable bonds is 6. The molecule has 0 N–H and O–H groups in total. The smallest absolute Gasteiger partial charge is 0.310 e. The van der Waals surface area contributed by atoms with Gasteiger partial charge >= 0.3 is 5.97 Å². The maximum absolute atomic E-state index is 12.0. The number of benzene rings is 1. The van der Waals surface area contributed by atoms with Crippen molar-refractivity contribution in [2.45, 2.75) is 13.0 Å². The molecule has 0 saturated carbocycles. The minimum Gasteiger partial charge on any atom is -0.486 e. The quantitative estimate of drug-likeness (QED) is 0.739. The zero-order valence-electron chi connectivity index (χ0n) is 13.9. The van der Waals surface area contributed by atoms with Crippen molar-refractivity contribution < 1.29 is 23.8 Å². The van der Waals surface area contributed by atoms with Gasteiger partial charge in [0, 0.05) is 11.9 Å². The van der Waals surface area contributed by atoms with Gasteiger partial charge in [-0.25, -0.2) is 0 Å². The molecule has 1 aromatic carbocycles. The first kappa shape index (κ1) is 17.3. The average Bonchev–Trinajstić information content (AvgIpc) is 3.12. The summed E-state index contributed by atoms with van der Waals surface area (Å²) < 4.78 is 16.0. The summed E-state index contributed by atoms with van der Waals surface area (Å²) in [4.78, 5) is 26.6. The summed E-state index contributed by atoms with van der Waals surface area (Å²) >= 11 is 1.58. The number of ether oxygens (including phenoxy) is 3. The maximum Gasteiger partial charge on any atom is 0.310 e. The molecular formula is C18H19NO5S. The van der Waals surface area contributed by atoms with Crippen LogP contribution in [0.25, 0.3) is 0 Å². The number of amides is 1. The van der Waals surface area contributed by atoms with E-state index < -0.39 is 5.97 Å². The molecule has 25 heavy (non-hydrogen) atoms. The van der Waals surface area contributed by atoms with Crippen LogP contribution in [0.15, 0.2) is 35.7 Å². The molecule has 0 saturated heterocycles. The third-order valence-electron chi connectivity index (χ3n) is 3.71. The molecule has 1 aliphatic rings. The van der Waals surface area contributed by atoms with E-state index in [9.17, 15) is 9.59 Å². The highest BCUT2D eigenvalue weighted by Gasteiger charge is 2.16. The molecule has 1 aliphatic heterocycles. The number of fused-ring (bicyclic) bond motifs is 1. The second kappa shape index (κ2) is 8.02. The Kier molecular flexibility index (Phi) is 5.55. The summed E-state index contributed by atoms with van der Waals surface area (Å²) in [5, 5.41) is 1.96. The highest BCUT2D eigenvalue weighted by molar-refractivity contribution is 7.09. The summed E-state index contributed by atoms with van der Waals surface area (Å²) in [6.07, 6.45) is 0.0819. The van der Waals surface area contributed by atoms with Crippen molar-refractivity contribution in [3.05, 3.63) is 46.2 Å². The van der Waals surface area contributed by atoms with E-state index in [4.69, 9.17) is 14.2 Å². The number of carbonyl (C=O) groups excluding carboxylic acids is 2. The van der Waals surface area contributed by atoms with Crippen LogP contribution in [0.1, 0.15) is 10.4 Å². The van der Waals surface area contributed by atoms with Gasteiger partial charge in [-0.15, -0.1) is 11.3 Å². The van der Waals surface area contributed by atoms with E-state index in [0.717, 1.165) is 10.4 Å². The van der Waals surface area contributed by atoms with Crippen LogP contribution >= 0.6 is 11.3 Å². The van der Waals surface area contributed by atoms with Crippen LogP contribution < -0.4 is 9.47 Å². The highest BCUT2D eigenvalue weighted by Crippen LogP contribution is 2.30. The first-order valence-electron chi connectivity index (χ1n) is 7.92. The fourth-order valence-electron chi connectivity index (χ4n) is 2.39. The van der Waals surface area contributed by atoms with Crippen molar-refractivity contribution >= 4 is 23.2 Å². The van der Waals surface area contributed by atoms with Gasteiger partial charge in [-0.3, -0.25) is 9.59 Å². The summed E-state index contributed by atoms with van der Waals surface area (Å²) in [7, 11) is 1.69. The SMILES string of the molecule is CN(Cc1cccs1)C(=O)COC(=O)Cc1ccc2c(c1)OCCO2. The molecule has 3 rings (SSSR count). The van der Waals surface area contributed by atoms with E-state index in [1.807, 2.05) is 17.5 Å². The van der Waals surface area contributed by atoms with Crippen molar-refractivity contribution in [3.8, 4) is 11.5 Å². The molecular weight excluding hydrogens is 342 g/mol. The van der Waals surface area contributed by atoms with Crippen LogP contribution in [0.5, 0.6) is 11.5 Å². The third-order valence-corrected chi connectivity index (χ3v) is 4.57. The number of thiophene rings is 1. The fourth-order valence-corrected chi connectivity index (χ4v) is 3.15. The molecule has 7 heteroatoms. The third kappa shape index (κ3) is 4.73. The van der Waals surface area contributed by atoms with E-state index in [1.54, 1.807) is 41.5 Å². The largest absolute Gasteiger partial charge is 0.486 e. The van der Waals surface area contributed by atoms with Crippen molar-refractivity contribution in [1.29, 1.82) is 0 Å². The predicted octanol–water partition coefficient (Wildman–Crippen LogP) is 2.26. The lowest BCUT2D eigenvalue weighted by Gasteiger charge is -2.19. The normalized spacial score (nSPS) is 12.5. The van der Waals surface area contributed by atoms with E-state index in [-0.39, 0.29) is 18.9 Å². The van der Waals surface area contributed by atoms with Crippen molar-refractivity contribution in [3.63, 3.8) is 0 Å². The average molecular weight is 361 g/mol. The Hall–Kier alpha value is -2.54. The first-order valence-corrected chi connectivity index (χ1v) is 8.80. The van der Waals surface area contributed by atoms with Gasteiger partial charge in [0.25, 0.3) is 5.91 Å². The Morgan fingerprint density at radius 3 is 2.76 bits per heavy atom. The highest BCUT2D eigenvalue weighted by atomic mass is 32.1. The van der Waals surface area contributed by atoms with E-state index >= 15 is 0 Å². The molecule has 1 amide bonds.